The Morgan fingerprint density at radius 3 is 0.417 bits per heavy atom. The Morgan fingerprint density at radius 2 is 0.417 bits per heavy atom. The zero-order valence-electron chi connectivity index (χ0n) is 6.98. The first-order chi connectivity index (χ1) is 2.65. The molecule has 0 unspecified atom stereocenters. The van der Waals surface area contributed by atoms with Crippen molar-refractivity contribution in [2.45, 2.75) is 0 Å². The summed E-state index contributed by atoms with van der Waals surface area (Å²) in [5.74, 6) is 0. The maximum Gasteiger partial charge on any atom is -0.369 e. The monoisotopic (exact) mass is 510 g/mol. The van der Waals surface area contributed by atoms with Crippen molar-refractivity contribution >= 4 is 67.1 Å². The van der Waals surface area contributed by atoms with E-state index in [1.165, 1.54) is 0 Å². The van der Waals surface area contributed by atoms with Gasteiger partial charge in [0.15, 0.2) is 0 Å². The maximum absolute atomic E-state index is 6.41. The SMILES string of the molecule is [Cl][Ir-4]([Cl])([Cl])([Cl])([Cl])([Cl])[Cl].[NH4+].[NH4+].[NH4+].[NH4+]. The van der Waals surface area contributed by atoms with Crippen molar-refractivity contribution < 1.29 is 4.59 Å². The molecule has 12 heteroatoms. The summed E-state index contributed by atoms with van der Waals surface area (Å²) in [4.78, 5) is 0. The third-order valence-corrected chi connectivity index (χ3v) is 0. The van der Waals surface area contributed by atoms with E-state index in [9.17, 15) is 0 Å². The standard InChI is InChI=1S/7ClH.Ir.4H3N/h7*1H;;4*1H3/q;;;;;;;+3;;;;/p-3. The molecule has 0 heterocycles. The Bertz CT molecular complexity index is 108. The van der Waals surface area contributed by atoms with Gasteiger partial charge in [0.1, 0.15) is 0 Å². The third-order valence-electron chi connectivity index (χ3n) is 0. The number of rotatable bonds is 0. The van der Waals surface area contributed by atoms with Crippen LogP contribution in [0.5, 0.6) is 0 Å². The summed E-state index contributed by atoms with van der Waals surface area (Å²) in [7, 11) is 35.5. The van der Waals surface area contributed by atoms with E-state index in [-0.39, 0.29) is 24.6 Å². The molecule has 12 heavy (non-hydrogen) atoms. The van der Waals surface area contributed by atoms with Crippen molar-refractivity contribution in [1.82, 2.24) is 24.6 Å². The Kier molecular flexibility index (Phi) is 9.35. The fraction of sp³-hybridized carbons (Fsp3) is 0. The summed E-state index contributed by atoms with van der Waals surface area (Å²) in [6.07, 6.45) is 0. The van der Waals surface area contributed by atoms with E-state index in [1.54, 1.807) is 0 Å². The first kappa shape index (κ1) is 29.3. The van der Waals surface area contributed by atoms with E-state index in [4.69, 9.17) is 67.1 Å². The zero-order chi connectivity index (χ0) is 7.38. The van der Waals surface area contributed by atoms with Crippen LogP contribution in [0.3, 0.4) is 0 Å². The molecule has 0 bridgehead atoms. The Hall–Kier alpha value is 2.52. The molecule has 0 rings (SSSR count). The van der Waals surface area contributed by atoms with Crippen LogP contribution < -0.4 is 24.6 Å². The molecule has 0 spiro atoms. The molecule has 0 radical (unpaired) electrons. The molecule has 0 aromatic rings. The van der Waals surface area contributed by atoms with Gasteiger partial charge in [-0.05, 0) is 0 Å². The van der Waals surface area contributed by atoms with Gasteiger partial charge in [-0.15, -0.1) is 0 Å². The van der Waals surface area contributed by atoms with E-state index in [2.05, 4.69) is 0 Å². The second-order valence-electron chi connectivity index (χ2n) is 1.000. The van der Waals surface area contributed by atoms with Crippen LogP contribution in [-0.2, 0) is 4.59 Å². The summed E-state index contributed by atoms with van der Waals surface area (Å²) >= 11 is 0. The summed E-state index contributed by atoms with van der Waals surface area (Å²) in [6.45, 7) is 0. The number of quaternary nitrogens is 4. The smallest absolute Gasteiger partial charge is 0.369 e. The molecular weight excluding hydrogens is 496 g/mol. The second kappa shape index (κ2) is 3.83. The van der Waals surface area contributed by atoms with Crippen molar-refractivity contribution in [2.75, 3.05) is 0 Å². The van der Waals surface area contributed by atoms with Crippen LogP contribution >= 0.6 is 67.1 Å². The molecule has 0 fully saturated rings. The molecule has 94 valence electrons. The largest absolute Gasteiger partial charge is 0.369 e. The predicted molar refractivity (Wildman–Crippen MR) is 64.9 cm³/mol. The van der Waals surface area contributed by atoms with E-state index in [0.29, 0.717) is 0 Å². The van der Waals surface area contributed by atoms with Crippen molar-refractivity contribution in [2.24, 2.45) is 0 Å². The molecule has 0 amide bonds. The number of hydrogen-bond donors (Lipinski definition) is 4. The quantitative estimate of drug-likeness (QED) is 0.287. The van der Waals surface area contributed by atoms with Gasteiger partial charge in [0.05, 0.1) is 0 Å². The van der Waals surface area contributed by atoms with Gasteiger partial charge < -0.3 is 24.6 Å². The van der Waals surface area contributed by atoms with Crippen molar-refractivity contribution in [3.63, 3.8) is 0 Å². The minimum Gasteiger partial charge on any atom is -0.369 e. The molecule has 0 aliphatic heterocycles. The topological polar surface area (TPSA) is 146 Å². The van der Waals surface area contributed by atoms with Crippen molar-refractivity contribution in [1.29, 1.82) is 0 Å². The fourth-order valence-electron chi connectivity index (χ4n) is 0. The summed E-state index contributed by atoms with van der Waals surface area (Å²) < 4.78 is -6.41. The Labute approximate surface area is 95.2 Å². The molecule has 16 N–H and O–H groups in total. The molecule has 0 aromatic carbocycles. The average molecular weight is 513 g/mol. The van der Waals surface area contributed by atoms with Gasteiger partial charge in [-0.25, -0.2) is 0 Å². The Morgan fingerprint density at radius 1 is 0.417 bits per heavy atom. The van der Waals surface area contributed by atoms with Crippen molar-refractivity contribution in [3.8, 4) is 0 Å². The third kappa shape index (κ3) is 262. The van der Waals surface area contributed by atoms with Crippen LogP contribution in [0.1, 0.15) is 0 Å². The van der Waals surface area contributed by atoms with Gasteiger partial charge in [0.2, 0.25) is 0 Å². The van der Waals surface area contributed by atoms with Crippen LogP contribution in [0.15, 0.2) is 0 Å². The van der Waals surface area contributed by atoms with E-state index < -0.39 is 4.59 Å². The molecule has 0 aromatic heterocycles. The van der Waals surface area contributed by atoms with E-state index in [1.807, 2.05) is 0 Å². The maximum atomic E-state index is 5.07. The zero-order valence-corrected chi connectivity index (χ0v) is 14.7. The van der Waals surface area contributed by atoms with E-state index in [0.717, 1.165) is 0 Å². The predicted octanol–water partition coefficient (Wildman–Crippen LogP) is 6.33. The molecule has 0 aliphatic rings. The van der Waals surface area contributed by atoms with Gasteiger partial charge in [-0.2, -0.15) is 0 Å². The van der Waals surface area contributed by atoms with Crippen LogP contribution in [0.2, 0.25) is 0 Å². The minimum atomic E-state index is -6.41. The van der Waals surface area contributed by atoms with E-state index >= 15 is 0 Å². The Balaban J connectivity index is -0.0000000408. The normalized spacial score (nSPS) is 18.1. The molecule has 0 saturated heterocycles. The van der Waals surface area contributed by atoms with Crippen LogP contribution in [0.25, 0.3) is 0 Å². The second-order valence-corrected chi connectivity index (χ2v) is 73.7. The fourth-order valence-corrected chi connectivity index (χ4v) is 0. The van der Waals surface area contributed by atoms with Crippen LogP contribution in [-0.4, -0.2) is 0 Å². The molecule has 0 saturated carbocycles. The first-order valence-corrected chi connectivity index (χ1v) is 21.7. The van der Waals surface area contributed by atoms with Crippen LogP contribution in [0.4, 0.5) is 0 Å². The molecule has 0 atom stereocenters. The van der Waals surface area contributed by atoms with Gasteiger partial charge >= 0.3 is 71.7 Å². The first-order valence-electron chi connectivity index (χ1n) is 0.882. The molecule has 0 aliphatic carbocycles. The molecular formula is H16Cl7IrN4. The minimum absolute atomic E-state index is 0. The molecule has 4 nitrogen and oxygen atoms in total. The summed E-state index contributed by atoms with van der Waals surface area (Å²) in [5.41, 5.74) is 0. The van der Waals surface area contributed by atoms with Gasteiger partial charge in [0.25, 0.3) is 0 Å². The summed E-state index contributed by atoms with van der Waals surface area (Å²) in [6, 6.07) is 0. The van der Waals surface area contributed by atoms with Gasteiger partial charge in [-0.3, -0.25) is 0 Å². The van der Waals surface area contributed by atoms with Crippen molar-refractivity contribution in [3.05, 3.63) is 0 Å². The van der Waals surface area contributed by atoms with Crippen LogP contribution in [0, 0.1) is 0 Å². The number of hydrogen-bond acceptors (Lipinski definition) is 0. The average Bonchev–Trinajstić information content (AvgIpc) is 0.544. The van der Waals surface area contributed by atoms with Gasteiger partial charge in [0, 0.05) is 0 Å². The number of halogens is 7. The van der Waals surface area contributed by atoms with Gasteiger partial charge in [-0.1, -0.05) is 0 Å². The summed E-state index contributed by atoms with van der Waals surface area (Å²) in [5, 5.41) is 0.